The maximum absolute atomic E-state index is 13.0. The van der Waals surface area contributed by atoms with Gasteiger partial charge in [0, 0.05) is 46.0 Å². The van der Waals surface area contributed by atoms with E-state index in [0.29, 0.717) is 44.8 Å². The zero-order chi connectivity index (χ0) is 35.5. The zero-order valence-electron chi connectivity index (χ0n) is 27.7. The average Bonchev–Trinajstić information content (AvgIpc) is 3.79. The molecule has 5 aromatic rings. The number of benzene rings is 3. The molecule has 1 aliphatic heterocycles. The third-order valence-electron chi connectivity index (χ3n) is 8.15. The maximum Gasteiger partial charge on any atom is 0.255 e. The molecule has 0 saturated carbocycles. The summed E-state index contributed by atoms with van der Waals surface area (Å²) in [6, 6.07) is 20.8. The summed E-state index contributed by atoms with van der Waals surface area (Å²) in [4.78, 5) is 32.7. The molecule has 0 aliphatic carbocycles. The highest BCUT2D eigenvalue weighted by Gasteiger charge is 2.18. The number of nitrogen functional groups attached to an aromatic ring is 1. The fourth-order valence-electron chi connectivity index (χ4n) is 5.45. The minimum atomic E-state index is -1.84. The topological polar surface area (TPSA) is 147 Å². The molecule has 2 aromatic heterocycles. The number of carbonyl (C=O) groups is 2. The van der Waals surface area contributed by atoms with Crippen LogP contribution in [0.5, 0.6) is 5.75 Å². The van der Waals surface area contributed by atoms with Crippen molar-refractivity contribution in [2.24, 2.45) is 0 Å². The molecule has 2 amide bonds. The SMILES string of the molecule is Cc1ccc(S(=O)O)cc1.Nc1ncc(C(=O)NCCCCN2CCCC2)c2scc(COc3cccc(NC(=O)c4ccc(Cl)cc4)c3)c12. The number of halogens is 1. The molecular formula is C37H40ClN5O5S2. The number of pyridine rings is 1. The Morgan fingerprint density at radius 1 is 1.04 bits per heavy atom. The van der Waals surface area contributed by atoms with E-state index in [1.807, 2.05) is 36.6 Å². The van der Waals surface area contributed by atoms with Crippen molar-refractivity contribution < 1.29 is 23.1 Å². The second-order valence-electron chi connectivity index (χ2n) is 11.9. The molecule has 50 heavy (non-hydrogen) atoms. The lowest BCUT2D eigenvalue weighted by atomic mass is 10.1. The standard InChI is InChI=1S/C30H32ClN5O3S.C7H8O2S/c31-22-10-8-20(9-11-22)29(37)35-23-6-5-7-24(16-23)39-18-21-19-40-27-25(17-34-28(32)26(21)27)30(38)33-12-1-2-13-36-14-3-4-15-36;1-6-2-4-7(5-3-6)10(8)9/h5-11,16-17,19H,1-4,12-15,18H2,(H2,32,34)(H,33,38)(H,35,37);2-5H,1H3,(H,8,9). The minimum Gasteiger partial charge on any atom is -0.489 e. The van der Waals surface area contributed by atoms with Gasteiger partial charge in [-0.1, -0.05) is 35.4 Å². The van der Waals surface area contributed by atoms with Crippen LogP contribution >= 0.6 is 22.9 Å². The van der Waals surface area contributed by atoms with Crippen LogP contribution in [0.15, 0.2) is 89.3 Å². The van der Waals surface area contributed by atoms with Gasteiger partial charge in [0.25, 0.3) is 11.8 Å². The number of nitrogens with one attached hydrogen (secondary N) is 2. The van der Waals surface area contributed by atoms with Crippen molar-refractivity contribution in [3.05, 3.63) is 112 Å². The number of rotatable bonds is 12. The van der Waals surface area contributed by atoms with Crippen molar-refractivity contribution in [3.8, 4) is 5.75 Å². The number of aryl methyl sites for hydroxylation is 1. The molecule has 3 heterocycles. The first-order valence-electron chi connectivity index (χ1n) is 16.3. The van der Waals surface area contributed by atoms with Gasteiger partial charge in [-0.3, -0.25) is 9.59 Å². The second-order valence-corrected chi connectivity index (χ2v) is 14.2. The van der Waals surface area contributed by atoms with Crippen LogP contribution in [-0.4, -0.2) is 56.6 Å². The Hall–Kier alpha value is -4.33. The lowest BCUT2D eigenvalue weighted by Gasteiger charge is -2.14. The van der Waals surface area contributed by atoms with E-state index in [1.54, 1.807) is 54.7 Å². The Kier molecular flexibility index (Phi) is 13.3. The Balaban J connectivity index is 0.000000418. The third kappa shape index (κ3) is 10.3. The molecule has 6 rings (SSSR count). The second kappa shape index (κ2) is 18.1. The van der Waals surface area contributed by atoms with Gasteiger partial charge in [0.15, 0.2) is 11.1 Å². The molecule has 0 bridgehead atoms. The summed E-state index contributed by atoms with van der Waals surface area (Å²) in [7, 11) is 0. The van der Waals surface area contributed by atoms with E-state index < -0.39 is 11.1 Å². The predicted octanol–water partition coefficient (Wildman–Crippen LogP) is 7.54. The normalized spacial score (nSPS) is 13.3. The van der Waals surface area contributed by atoms with Crippen LogP contribution in [0.25, 0.3) is 10.1 Å². The van der Waals surface area contributed by atoms with Crippen LogP contribution in [0.4, 0.5) is 11.5 Å². The molecule has 1 unspecified atom stereocenters. The lowest BCUT2D eigenvalue weighted by molar-refractivity contribution is 0.0953. The van der Waals surface area contributed by atoms with Crippen LogP contribution in [0.3, 0.4) is 0 Å². The predicted molar refractivity (Wildman–Crippen MR) is 202 cm³/mol. The number of nitrogens with two attached hydrogens (primary N) is 1. The molecule has 262 valence electrons. The number of thiophene rings is 1. The molecule has 5 N–H and O–H groups in total. The molecule has 13 heteroatoms. The molecule has 3 aromatic carbocycles. The zero-order valence-corrected chi connectivity index (χ0v) is 30.1. The number of hydrogen-bond acceptors (Lipinski definition) is 8. The summed E-state index contributed by atoms with van der Waals surface area (Å²) in [5.74, 6) is 0.564. The van der Waals surface area contributed by atoms with Crippen LogP contribution in [0.1, 0.15) is 57.5 Å². The number of aromatic nitrogens is 1. The van der Waals surface area contributed by atoms with E-state index in [-0.39, 0.29) is 18.4 Å². The quantitative estimate of drug-likeness (QED) is 0.0760. The molecule has 1 atom stereocenters. The summed E-state index contributed by atoms with van der Waals surface area (Å²) in [6.07, 6.45) is 6.14. The largest absolute Gasteiger partial charge is 0.489 e. The lowest BCUT2D eigenvalue weighted by Crippen LogP contribution is -2.26. The maximum atomic E-state index is 13.0. The van der Waals surface area contributed by atoms with E-state index in [0.717, 1.165) is 40.6 Å². The third-order valence-corrected chi connectivity index (χ3v) is 10.1. The van der Waals surface area contributed by atoms with Crippen molar-refractivity contribution in [2.75, 3.05) is 37.2 Å². The fourth-order valence-corrected chi connectivity index (χ4v) is 7.01. The summed E-state index contributed by atoms with van der Waals surface area (Å²) in [6.45, 7) is 6.28. The van der Waals surface area contributed by atoms with Gasteiger partial charge >= 0.3 is 0 Å². The Bertz CT molecular complexity index is 1930. The van der Waals surface area contributed by atoms with Gasteiger partial charge in [0.2, 0.25) is 0 Å². The number of likely N-dealkylation sites (tertiary alicyclic amines) is 1. The molecule has 1 aliphatic rings. The van der Waals surface area contributed by atoms with Crippen LogP contribution < -0.4 is 21.1 Å². The van der Waals surface area contributed by atoms with Crippen molar-refractivity contribution in [3.63, 3.8) is 0 Å². The summed E-state index contributed by atoms with van der Waals surface area (Å²) in [5.41, 5.74) is 9.80. The van der Waals surface area contributed by atoms with Gasteiger partial charge < -0.3 is 30.6 Å². The number of ether oxygens (including phenoxy) is 1. The van der Waals surface area contributed by atoms with Crippen LogP contribution in [-0.2, 0) is 17.7 Å². The fraction of sp³-hybridized carbons (Fsp3) is 0.270. The van der Waals surface area contributed by atoms with Crippen molar-refractivity contribution >= 4 is 67.4 Å². The summed E-state index contributed by atoms with van der Waals surface area (Å²) >= 11 is 5.53. The van der Waals surface area contributed by atoms with E-state index in [9.17, 15) is 13.8 Å². The number of unbranched alkanes of at least 4 members (excludes halogenated alkanes) is 1. The van der Waals surface area contributed by atoms with Gasteiger partial charge in [-0.05, 0) is 106 Å². The molecule has 1 saturated heterocycles. The number of fused-ring (bicyclic) bond motifs is 1. The van der Waals surface area contributed by atoms with E-state index in [4.69, 9.17) is 26.6 Å². The summed E-state index contributed by atoms with van der Waals surface area (Å²) in [5, 5.41) is 9.16. The van der Waals surface area contributed by atoms with E-state index >= 15 is 0 Å². The molecule has 1 fully saturated rings. The first kappa shape index (κ1) is 36.9. The number of nitrogens with zero attached hydrogens (tertiary/aromatic N) is 2. The molecule has 0 spiro atoms. The highest BCUT2D eigenvalue weighted by Crippen LogP contribution is 2.33. The van der Waals surface area contributed by atoms with Gasteiger partial charge in [-0.15, -0.1) is 11.3 Å². The Morgan fingerprint density at radius 3 is 2.50 bits per heavy atom. The Morgan fingerprint density at radius 2 is 1.78 bits per heavy atom. The van der Waals surface area contributed by atoms with Gasteiger partial charge in [0.05, 0.1) is 15.2 Å². The number of hydrogen-bond donors (Lipinski definition) is 4. The molecular weight excluding hydrogens is 694 g/mol. The minimum absolute atomic E-state index is 0.142. The van der Waals surface area contributed by atoms with Gasteiger partial charge in [-0.25, -0.2) is 9.19 Å². The number of anilines is 2. The number of amides is 2. The highest BCUT2D eigenvalue weighted by atomic mass is 35.5. The van der Waals surface area contributed by atoms with Gasteiger partial charge in [-0.2, -0.15) is 0 Å². The molecule has 10 nitrogen and oxygen atoms in total. The van der Waals surface area contributed by atoms with Gasteiger partial charge in [0.1, 0.15) is 18.2 Å². The van der Waals surface area contributed by atoms with Crippen molar-refractivity contribution in [2.45, 2.75) is 44.1 Å². The van der Waals surface area contributed by atoms with E-state index in [1.165, 1.54) is 37.3 Å². The van der Waals surface area contributed by atoms with Crippen LogP contribution in [0.2, 0.25) is 5.02 Å². The van der Waals surface area contributed by atoms with Crippen LogP contribution in [0, 0.1) is 6.92 Å². The Labute approximate surface area is 303 Å². The van der Waals surface area contributed by atoms with E-state index in [2.05, 4.69) is 20.5 Å². The first-order valence-corrected chi connectivity index (χ1v) is 18.7. The average molecular weight is 734 g/mol. The summed E-state index contributed by atoms with van der Waals surface area (Å²) < 4.78 is 25.8. The molecule has 0 radical (unpaired) electrons. The first-order chi connectivity index (χ1) is 24.2. The highest BCUT2D eigenvalue weighted by molar-refractivity contribution is 7.79. The number of carbonyl (C=O) groups excluding carboxylic acids is 2. The monoisotopic (exact) mass is 733 g/mol. The smallest absolute Gasteiger partial charge is 0.255 e. The van der Waals surface area contributed by atoms with Crippen molar-refractivity contribution in [1.29, 1.82) is 0 Å². The van der Waals surface area contributed by atoms with Crippen molar-refractivity contribution in [1.82, 2.24) is 15.2 Å².